The Hall–Kier alpha value is -3.78. The lowest BCUT2D eigenvalue weighted by atomic mass is 10.1. The number of hydrogen-bond donors (Lipinski definition) is 0. The Labute approximate surface area is 188 Å². The Bertz CT molecular complexity index is 1450. The van der Waals surface area contributed by atoms with Gasteiger partial charge in [0.15, 0.2) is 0 Å². The van der Waals surface area contributed by atoms with Crippen molar-refractivity contribution in [1.82, 2.24) is 9.55 Å². The van der Waals surface area contributed by atoms with Crippen molar-refractivity contribution in [2.75, 3.05) is 19.0 Å². The lowest BCUT2D eigenvalue weighted by molar-refractivity contribution is -0.384. The molecule has 1 aliphatic heterocycles. The van der Waals surface area contributed by atoms with Crippen molar-refractivity contribution in [3.05, 3.63) is 85.8 Å². The quantitative estimate of drug-likeness (QED) is 0.325. The number of anilines is 1. The summed E-state index contributed by atoms with van der Waals surface area (Å²) in [6.45, 7) is 0.547. The second kappa shape index (κ2) is 7.72. The van der Waals surface area contributed by atoms with Gasteiger partial charge < -0.3 is 4.90 Å². The molecule has 2 aromatic heterocycles. The van der Waals surface area contributed by atoms with Crippen LogP contribution in [0.2, 0.25) is 0 Å². The Morgan fingerprint density at radius 3 is 2.69 bits per heavy atom. The Kier molecular flexibility index (Phi) is 4.86. The molecule has 0 N–H and O–H groups in total. The fourth-order valence-corrected chi connectivity index (χ4v) is 5.08. The van der Waals surface area contributed by atoms with Crippen molar-refractivity contribution in [3.8, 4) is 11.1 Å². The molecule has 2 aromatic carbocycles. The SMILES string of the molecule is CN(C)c1ccc(C=C2CCn3c2nc2scc(-c4ccccc4)c2c3=O)cc1[N+](=O)[O-]. The molecule has 0 fully saturated rings. The van der Waals surface area contributed by atoms with Crippen molar-refractivity contribution in [3.63, 3.8) is 0 Å². The molecule has 5 rings (SSSR count). The molecule has 0 bridgehead atoms. The molecule has 0 radical (unpaired) electrons. The maximum atomic E-state index is 13.3. The summed E-state index contributed by atoms with van der Waals surface area (Å²) < 4.78 is 1.72. The highest BCUT2D eigenvalue weighted by Crippen LogP contribution is 2.35. The van der Waals surface area contributed by atoms with E-state index in [1.54, 1.807) is 35.7 Å². The minimum absolute atomic E-state index is 0.0394. The molecule has 7 nitrogen and oxygen atoms in total. The Morgan fingerprint density at radius 2 is 1.97 bits per heavy atom. The lowest BCUT2D eigenvalue weighted by Crippen LogP contribution is -2.20. The van der Waals surface area contributed by atoms with Gasteiger partial charge in [0.25, 0.3) is 11.2 Å². The highest BCUT2D eigenvalue weighted by molar-refractivity contribution is 7.17. The number of nitro groups is 1. The number of nitro benzene ring substituents is 1. The van der Waals surface area contributed by atoms with E-state index in [-0.39, 0.29) is 16.2 Å². The van der Waals surface area contributed by atoms with Crippen LogP contribution < -0.4 is 10.5 Å². The smallest absolute Gasteiger partial charge is 0.293 e. The van der Waals surface area contributed by atoms with Crippen molar-refractivity contribution >= 4 is 44.6 Å². The number of allylic oxidation sites excluding steroid dienone is 1. The summed E-state index contributed by atoms with van der Waals surface area (Å²) in [5.41, 5.74) is 4.09. The topological polar surface area (TPSA) is 81.3 Å². The van der Waals surface area contributed by atoms with E-state index < -0.39 is 0 Å². The molecule has 8 heteroatoms. The predicted molar refractivity (Wildman–Crippen MR) is 129 cm³/mol. The van der Waals surface area contributed by atoms with Crippen LogP contribution in [0.5, 0.6) is 0 Å². The molecule has 0 unspecified atom stereocenters. The molecular weight excluding hydrogens is 424 g/mol. The first-order valence-corrected chi connectivity index (χ1v) is 11.1. The van der Waals surface area contributed by atoms with Gasteiger partial charge in [0, 0.05) is 37.6 Å². The van der Waals surface area contributed by atoms with Crippen LogP contribution in [0.3, 0.4) is 0 Å². The van der Waals surface area contributed by atoms with Gasteiger partial charge >= 0.3 is 0 Å². The van der Waals surface area contributed by atoms with E-state index in [2.05, 4.69) is 0 Å². The second-order valence-electron chi connectivity index (χ2n) is 7.91. The minimum Gasteiger partial charge on any atom is -0.372 e. The summed E-state index contributed by atoms with van der Waals surface area (Å²) in [5.74, 6) is 0.642. The molecule has 160 valence electrons. The van der Waals surface area contributed by atoms with Crippen molar-refractivity contribution in [2.45, 2.75) is 13.0 Å². The van der Waals surface area contributed by atoms with Gasteiger partial charge in [0.05, 0.1) is 10.3 Å². The maximum absolute atomic E-state index is 13.3. The third-order valence-corrected chi connectivity index (χ3v) is 6.56. The zero-order valence-electron chi connectivity index (χ0n) is 17.6. The van der Waals surface area contributed by atoms with Crippen molar-refractivity contribution < 1.29 is 4.92 Å². The van der Waals surface area contributed by atoms with E-state index in [0.717, 1.165) is 22.3 Å². The number of fused-ring (bicyclic) bond motifs is 2. The first-order valence-electron chi connectivity index (χ1n) is 10.2. The number of aromatic nitrogens is 2. The van der Waals surface area contributed by atoms with Crippen LogP contribution in [0.25, 0.3) is 33.0 Å². The van der Waals surface area contributed by atoms with Gasteiger partial charge in [0.2, 0.25) is 0 Å². The summed E-state index contributed by atoms with van der Waals surface area (Å²) in [5, 5.41) is 14.2. The number of hydrogen-bond acceptors (Lipinski definition) is 6. The van der Waals surface area contributed by atoms with E-state index in [1.165, 1.54) is 11.3 Å². The summed E-state index contributed by atoms with van der Waals surface area (Å²) in [6, 6.07) is 15.0. The summed E-state index contributed by atoms with van der Waals surface area (Å²) in [7, 11) is 3.56. The molecule has 4 aromatic rings. The van der Waals surface area contributed by atoms with Gasteiger partial charge in [-0.25, -0.2) is 4.98 Å². The van der Waals surface area contributed by atoms with Crippen molar-refractivity contribution in [1.29, 1.82) is 0 Å². The first-order chi connectivity index (χ1) is 15.4. The Balaban J connectivity index is 1.61. The summed E-state index contributed by atoms with van der Waals surface area (Å²) >= 11 is 1.46. The third kappa shape index (κ3) is 3.29. The lowest BCUT2D eigenvalue weighted by Gasteiger charge is -2.12. The third-order valence-electron chi connectivity index (χ3n) is 5.69. The largest absolute Gasteiger partial charge is 0.372 e. The fourth-order valence-electron chi connectivity index (χ4n) is 4.14. The number of rotatable bonds is 4. The van der Waals surface area contributed by atoms with E-state index in [1.807, 2.05) is 47.9 Å². The van der Waals surface area contributed by atoms with E-state index in [4.69, 9.17) is 4.98 Å². The Morgan fingerprint density at radius 1 is 1.19 bits per heavy atom. The van der Waals surface area contributed by atoms with Crippen LogP contribution in [0.15, 0.2) is 58.7 Å². The predicted octanol–water partition coefficient (Wildman–Crippen LogP) is 5.04. The van der Waals surface area contributed by atoms with Gasteiger partial charge in [-0.1, -0.05) is 36.4 Å². The van der Waals surface area contributed by atoms with Crippen LogP contribution in [0, 0.1) is 10.1 Å². The van der Waals surface area contributed by atoms with Crippen LogP contribution >= 0.6 is 11.3 Å². The number of thiophene rings is 1. The number of benzene rings is 2. The average Bonchev–Trinajstić information content (AvgIpc) is 3.39. The van der Waals surface area contributed by atoms with Gasteiger partial charge in [-0.05, 0) is 35.3 Å². The van der Waals surface area contributed by atoms with Crippen LogP contribution in [-0.4, -0.2) is 28.6 Å². The van der Waals surface area contributed by atoms with Gasteiger partial charge in [-0.3, -0.25) is 19.5 Å². The summed E-state index contributed by atoms with van der Waals surface area (Å²) in [6.07, 6.45) is 2.55. The van der Waals surface area contributed by atoms with Gasteiger partial charge in [-0.15, -0.1) is 11.3 Å². The highest BCUT2D eigenvalue weighted by Gasteiger charge is 2.24. The average molecular weight is 445 g/mol. The van der Waals surface area contributed by atoms with Gasteiger partial charge in [0.1, 0.15) is 16.3 Å². The molecule has 0 aliphatic carbocycles. The number of nitrogens with zero attached hydrogens (tertiary/aromatic N) is 4. The molecular formula is C24H20N4O3S. The monoisotopic (exact) mass is 444 g/mol. The fraction of sp³-hybridized carbons (Fsp3) is 0.167. The van der Waals surface area contributed by atoms with Gasteiger partial charge in [-0.2, -0.15) is 0 Å². The zero-order chi connectivity index (χ0) is 22.4. The minimum atomic E-state index is -0.372. The molecule has 0 saturated carbocycles. The van der Waals surface area contributed by atoms with E-state index in [0.29, 0.717) is 34.7 Å². The normalized spacial score (nSPS) is 14.1. The molecule has 0 spiro atoms. The molecule has 3 heterocycles. The van der Waals surface area contributed by atoms with Crippen LogP contribution in [0.1, 0.15) is 17.8 Å². The second-order valence-corrected chi connectivity index (χ2v) is 8.77. The van der Waals surface area contributed by atoms with E-state index >= 15 is 0 Å². The van der Waals surface area contributed by atoms with Crippen molar-refractivity contribution in [2.24, 2.45) is 0 Å². The van der Waals surface area contributed by atoms with Crippen LogP contribution in [-0.2, 0) is 6.54 Å². The summed E-state index contributed by atoms with van der Waals surface area (Å²) in [4.78, 5) is 31.7. The molecule has 0 amide bonds. The highest BCUT2D eigenvalue weighted by atomic mass is 32.1. The first kappa shape index (κ1) is 20.1. The molecule has 32 heavy (non-hydrogen) atoms. The molecule has 0 atom stereocenters. The zero-order valence-corrected chi connectivity index (χ0v) is 18.4. The standard InChI is InChI=1S/C24H20N4O3S/c1-26(2)19-9-8-15(13-20(19)28(30)31)12-17-10-11-27-22(17)25-23-21(24(27)29)18(14-32-23)16-6-4-3-5-7-16/h3-9,12-14H,10-11H2,1-2H3. The van der Waals surface area contributed by atoms with Crippen LogP contribution in [0.4, 0.5) is 11.4 Å². The molecule has 1 aliphatic rings. The maximum Gasteiger partial charge on any atom is 0.293 e. The molecule has 0 saturated heterocycles. The van der Waals surface area contributed by atoms with E-state index in [9.17, 15) is 14.9 Å².